The Morgan fingerprint density at radius 1 is 1.23 bits per heavy atom. The minimum absolute atomic E-state index is 0.149. The third-order valence-electron chi connectivity index (χ3n) is 7.00. The normalized spacial score (nSPS) is 18.5. The molecule has 1 aromatic carbocycles. The number of hydrazone groups is 1. The average Bonchev–Trinajstić information content (AvgIpc) is 2.89. The summed E-state index contributed by atoms with van der Waals surface area (Å²) < 4.78 is 1.71. The number of carboxylic acids is 1. The maximum atomic E-state index is 13.3. The number of pyridine rings is 1. The Morgan fingerprint density at radius 2 is 1.95 bits per heavy atom. The van der Waals surface area contributed by atoms with E-state index in [9.17, 15) is 19.5 Å². The zero-order valence-corrected chi connectivity index (χ0v) is 24.9. The Hall–Kier alpha value is -3.46. The van der Waals surface area contributed by atoms with E-state index >= 15 is 0 Å². The number of nitrogens with one attached hydrogen (secondary N) is 3. The van der Waals surface area contributed by atoms with E-state index in [1.807, 2.05) is 64.1 Å². The minimum atomic E-state index is -0.902. The molecule has 2 amide bonds. The first-order valence-corrected chi connectivity index (χ1v) is 14.2. The van der Waals surface area contributed by atoms with Crippen molar-refractivity contribution in [1.29, 1.82) is 0 Å². The molecule has 0 spiro atoms. The molecule has 1 aliphatic heterocycles. The number of aromatic nitrogens is 1. The number of fused-ring (bicyclic) bond motifs is 1. The zero-order chi connectivity index (χ0) is 29.6. The minimum Gasteiger partial charge on any atom is -0.480 e. The van der Waals surface area contributed by atoms with Crippen molar-refractivity contribution < 1.29 is 24.2 Å². The zero-order valence-electron chi connectivity index (χ0n) is 24.1. The second kappa shape index (κ2) is 13.3. The Balaban J connectivity index is 1.67. The molecular weight excluding hydrogens is 530 g/mol. The van der Waals surface area contributed by atoms with Crippen LogP contribution in [0, 0.1) is 11.3 Å². The van der Waals surface area contributed by atoms with Crippen LogP contribution in [0.3, 0.4) is 0 Å². The van der Waals surface area contributed by atoms with Gasteiger partial charge in [-0.15, -0.1) is 4.68 Å². The molecule has 3 atom stereocenters. The summed E-state index contributed by atoms with van der Waals surface area (Å²) in [6.45, 7) is 11.8. The number of aryl methyl sites for hydroxylation is 1. The third kappa shape index (κ3) is 8.03. The van der Waals surface area contributed by atoms with E-state index in [1.165, 1.54) is 0 Å². The summed E-state index contributed by atoms with van der Waals surface area (Å²) in [4.78, 5) is 42.4. The summed E-state index contributed by atoms with van der Waals surface area (Å²) in [7, 11) is 0. The molecule has 1 aliphatic rings. The summed E-state index contributed by atoms with van der Waals surface area (Å²) in [5.74, 6) is -1.62. The molecule has 216 valence electrons. The van der Waals surface area contributed by atoms with Gasteiger partial charge >= 0.3 is 5.97 Å². The number of rotatable bonds is 10. The topological polar surface area (TPSA) is 123 Å². The van der Waals surface area contributed by atoms with Gasteiger partial charge in [0.25, 0.3) is 0 Å². The van der Waals surface area contributed by atoms with Crippen LogP contribution in [-0.4, -0.2) is 63.4 Å². The van der Waals surface area contributed by atoms with E-state index in [-0.39, 0.29) is 23.8 Å². The van der Waals surface area contributed by atoms with Crippen molar-refractivity contribution in [2.45, 2.75) is 78.9 Å². The predicted octanol–water partition coefficient (Wildman–Crippen LogP) is 3.97. The number of carbonyl (C=O) groups is 3. The van der Waals surface area contributed by atoms with Crippen LogP contribution < -0.4 is 16.1 Å². The van der Waals surface area contributed by atoms with Gasteiger partial charge in [-0.25, -0.2) is 4.79 Å². The van der Waals surface area contributed by atoms with Gasteiger partial charge in [-0.05, 0) is 57.2 Å². The van der Waals surface area contributed by atoms with Gasteiger partial charge in [-0.2, -0.15) is 5.43 Å². The van der Waals surface area contributed by atoms with E-state index in [2.05, 4.69) is 21.0 Å². The van der Waals surface area contributed by atoms with Crippen LogP contribution in [0.1, 0.15) is 65.6 Å². The van der Waals surface area contributed by atoms with Gasteiger partial charge in [0.05, 0.1) is 16.0 Å². The number of benzene rings is 1. The number of amides is 2. The van der Waals surface area contributed by atoms with Crippen molar-refractivity contribution in [2.75, 3.05) is 6.54 Å². The molecule has 1 saturated heterocycles. The number of carboxylic acid groups (broad SMARTS) is 1. The lowest BCUT2D eigenvalue weighted by atomic mass is 9.89. The number of hydrogen-bond donors (Lipinski definition) is 4. The lowest BCUT2D eigenvalue weighted by Crippen LogP contribution is -2.55. The molecule has 10 heteroatoms. The Kier molecular flexibility index (Phi) is 10.3. The third-order valence-corrected chi connectivity index (χ3v) is 7.31. The van der Waals surface area contributed by atoms with Crippen LogP contribution in [0.15, 0.2) is 30.3 Å². The summed E-state index contributed by atoms with van der Waals surface area (Å²) in [5, 5.41) is 16.7. The molecule has 3 rings (SSSR count). The quantitative estimate of drug-likeness (QED) is 0.321. The molecule has 0 bridgehead atoms. The van der Waals surface area contributed by atoms with Crippen LogP contribution in [0.25, 0.3) is 17.0 Å². The molecule has 1 fully saturated rings. The van der Waals surface area contributed by atoms with E-state index in [4.69, 9.17) is 11.6 Å². The Bertz CT molecular complexity index is 1320. The number of carbonyl (C=O) groups excluding carboxylic acids is 2. The molecule has 4 N–H and O–H groups in total. The summed E-state index contributed by atoms with van der Waals surface area (Å²) in [6.07, 6.45) is 7.53. The maximum absolute atomic E-state index is 13.3. The molecule has 2 heterocycles. The standard InChI is InChI=1S/C30H40ClN5O4/c1-7-21-16-23(31)22-11-10-20(15-25(22)33-21)12-13-30(5,6)29(40)34-26(18(2)3)27(37)32-19(4)17-36-14-8-9-24(35-36)28(38)39/h10-13,15-19,24,26,35H,7-9,14H2,1-6H3,(H2-,32,34,37,38,39,40)/p+1/b13-12+,36-17+. The molecule has 9 nitrogen and oxygen atoms in total. The van der Waals surface area contributed by atoms with Crippen LogP contribution in [0.4, 0.5) is 0 Å². The van der Waals surface area contributed by atoms with Crippen LogP contribution >= 0.6 is 11.6 Å². The van der Waals surface area contributed by atoms with Crippen molar-refractivity contribution in [3.8, 4) is 0 Å². The lowest BCUT2D eigenvalue weighted by molar-refractivity contribution is -0.598. The molecule has 0 saturated carbocycles. The van der Waals surface area contributed by atoms with Crippen molar-refractivity contribution >= 4 is 52.6 Å². The average molecular weight is 571 g/mol. The Morgan fingerprint density at radius 3 is 2.60 bits per heavy atom. The summed E-state index contributed by atoms with van der Waals surface area (Å²) in [6, 6.07) is 5.93. The van der Waals surface area contributed by atoms with Gasteiger partial charge in [-0.3, -0.25) is 14.6 Å². The van der Waals surface area contributed by atoms with Gasteiger partial charge in [-0.1, -0.05) is 56.7 Å². The van der Waals surface area contributed by atoms with Crippen LogP contribution in [0.2, 0.25) is 5.02 Å². The first-order chi connectivity index (χ1) is 18.8. The molecular formula is C30H41ClN5O4+. The summed E-state index contributed by atoms with van der Waals surface area (Å²) in [5.41, 5.74) is 4.67. The van der Waals surface area contributed by atoms with Crippen molar-refractivity contribution in [2.24, 2.45) is 11.3 Å². The van der Waals surface area contributed by atoms with E-state index in [0.29, 0.717) is 18.0 Å². The van der Waals surface area contributed by atoms with Gasteiger partial charge in [0.1, 0.15) is 12.1 Å². The maximum Gasteiger partial charge on any atom is 0.331 e. The van der Waals surface area contributed by atoms with Crippen molar-refractivity contribution in [3.05, 3.63) is 46.6 Å². The molecule has 0 radical (unpaired) electrons. The molecule has 0 aliphatic carbocycles. The number of nitrogens with zero attached hydrogens (tertiary/aromatic N) is 2. The fourth-order valence-electron chi connectivity index (χ4n) is 4.49. The number of hydrazine groups is 1. The van der Waals surface area contributed by atoms with E-state index < -0.39 is 23.5 Å². The van der Waals surface area contributed by atoms with E-state index in [0.717, 1.165) is 35.0 Å². The molecule has 3 unspecified atom stereocenters. The van der Waals surface area contributed by atoms with Gasteiger partial charge in [0, 0.05) is 17.5 Å². The molecule has 40 heavy (non-hydrogen) atoms. The summed E-state index contributed by atoms with van der Waals surface area (Å²) >= 11 is 6.41. The fourth-order valence-corrected chi connectivity index (χ4v) is 4.78. The SMILES string of the molecule is CCc1cc(Cl)c2ccc(/C=C/C(C)(C)C(=O)NC(C(=O)NC(C)/C=[N+]3\CCCC(C(=O)O)N3)C(C)C)cc2n1. The predicted molar refractivity (Wildman–Crippen MR) is 158 cm³/mol. The smallest absolute Gasteiger partial charge is 0.331 e. The van der Waals surface area contributed by atoms with Gasteiger partial charge < -0.3 is 15.7 Å². The Labute approximate surface area is 241 Å². The number of hydrogen-bond acceptors (Lipinski definition) is 5. The van der Waals surface area contributed by atoms with Crippen molar-refractivity contribution in [1.82, 2.24) is 21.0 Å². The molecule has 1 aromatic heterocycles. The second-order valence-electron chi connectivity index (χ2n) is 11.3. The highest BCUT2D eigenvalue weighted by atomic mass is 35.5. The first kappa shape index (κ1) is 31.1. The van der Waals surface area contributed by atoms with Crippen LogP contribution in [-0.2, 0) is 20.8 Å². The highest BCUT2D eigenvalue weighted by Gasteiger charge is 2.32. The first-order valence-electron chi connectivity index (χ1n) is 13.8. The monoisotopic (exact) mass is 570 g/mol. The fraction of sp³-hybridized carbons (Fsp3) is 0.500. The van der Waals surface area contributed by atoms with Gasteiger partial charge in [0.2, 0.25) is 11.8 Å². The largest absolute Gasteiger partial charge is 0.480 e. The molecule has 2 aromatic rings. The highest BCUT2D eigenvalue weighted by Crippen LogP contribution is 2.26. The number of halogens is 1. The van der Waals surface area contributed by atoms with Crippen molar-refractivity contribution in [3.63, 3.8) is 0 Å². The van der Waals surface area contributed by atoms with E-state index in [1.54, 1.807) is 24.7 Å². The lowest BCUT2D eigenvalue weighted by Gasteiger charge is -2.27. The van der Waals surface area contributed by atoms with Gasteiger partial charge in [0.15, 0.2) is 18.8 Å². The number of aliphatic carboxylic acids is 1. The second-order valence-corrected chi connectivity index (χ2v) is 11.7. The highest BCUT2D eigenvalue weighted by molar-refractivity contribution is 6.35. The van der Waals surface area contributed by atoms with Crippen LogP contribution in [0.5, 0.6) is 0 Å².